The van der Waals surface area contributed by atoms with E-state index < -0.39 is 0 Å². The number of carbonyl (C=O) groups excluding carboxylic acids is 1. The number of methoxy groups -OCH3 is 1. The van der Waals surface area contributed by atoms with Crippen molar-refractivity contribution in [3.05, 3.63) is 24.3 Å². The zero-order valence-electron chi connectivity index (χ0n) is 11.3. The predicted octanol–water partition coefficient (Wildman–Crippen LogP) is 2.26. The molecule has 0 spiro atoms. The molecule has 19 heavy (non-hydrogen) atoms. The Bertz CT molecular complexity index is 448. The van der Waals surface area contributed by atoms with Gasteiger partial charge in [0.15, 0.2) is 0 Å². The van der Waals surface area contributed by atoms with Gasteiger partial charge in [0.05, 0.1) is 6.10 Å². The van der Waals surface area contributed by atoms with Gasteiger partial charge < -0.3 is 15.0 Å². The molecule has 0 radical (unpaired) electrons. The third-order valence-electron chi connectivity index (χ3n) is 4.16. The molecule has 0 bridgehead atoms. The van der Waals surface area contributed by atoms with Crippen LogP contribution in [0.4, 0.5) is 11.4 Å². The summed E-state index contributed by atoms with van der Waals surface area (Å²) >= 11 is 0. The van der Waals surface area contributed by atoms with E-state index in [-0.39, 0.29) is 11.8 Å². The van der Waals surface area contributed by atoms with Crippen molar-refractivity contribution in [2.75, 3.05) is 30.4 Å². The number of nitrogens with zero attached hydrogens (tertiary/aromatic N) is 1. The molecule has 0 aromatic heterocycles. The highest BCUT2D eigenvalue weighted by Gasteiger charge is 2.27. The fraction of sp³-hybridized carbons (Fsp3) is 0.533. The highest BCUT2D eigenvalue weighted by Crippen LogP contribution is 2.28. The highest BCUT2D eigenvalue weighted by atomic mass is 16.5. The van der Waals surface area contributed by atoms with Crippen molar-refractivity contribution in [3.63, 3.8) is 0 Å². The van der Waals surface area contributed by atoms with Crippen LogP contribution in [0.25, 0.3) is 0 Å². The largest absolute Gasteiger partial charge is 0.378 e. The third-order valence-corrected chi connectivity index (χ3v) is 4.16. The van der Waals surface area contributed by atoms with Crippen LogP contribution in [-0.2, 0) is 9.53 Å². The van der Waals surface area contributed by atoms with E-state index in [4.69, 9.17) is 4.74 Å². The van der Waals surface area contributed by atoms with Gasteiger partial charge in [-0.2, -0.15) is 0 Å². The van der Waals surface area contributed by atoms with Crippen LogP contribution in [-0.4, -0.2) is 32.2 Å². The first-order valence-corrected chi connectivity index (χ1v) is 6.95. The lowest BCUT2D eigenvalue weighted by molar-refractivity contribution is -0.122. The first-order chi connectivity index (χ1) is 9.26. The van der Waals surface area contributed by atoms with Crippen molar-refractivity contribution in [3.8, 4) is 0 Å². The fourth-order valence-corrected chi connectivity index (χ4v) is 2.47. The molecular weight excluding hydrogens is 240 g/mol. The summed E-state index contributed by atoms with van der Waals surface area (Å²) in [5.41, 5.74) is 2.08. The molecule has 0 unspecified atom stereocenters. The molecular formula is C15H20N2O2. The number of amides is 1. The molecule has 3 rings (SSSR count). The van der Waals surface area contributed by atoms with Gasteiger partial charge >= 0.3 is 0 Å². The van der Waals surface area contributed by atoms with E-state index >= 15 is 0 Å². The maximum absolute atomic E-state index is 11.8. The van der Waals surface area contributed by atoms with Gasteiger partial charge in [-0.15, -0.1) is 0 Å². The molecule has 0 atom stereocenters. The second kappa shape index (κ2) is 5.21. The SMILES string of the molecule is COC1CN(c2ccc(NC(=O)C3CCC3)cc2)C1. The van der Waals surface area contributed by atoms with E-state index in [0.717, 1.165) is 31.6 Å². The van der Waals surface area contributed by atoms with Crippen LogP contribution in [0.1, 0.15) is 19.3 Å². The smallest absolute Gasteiger partial charge is 0.227 e. The van der Waals surface area contributed by atoms with Crippen LogP contribution >= 0.6 is 0 Å². The van der Waals surface area contributed by atoms with E-state index in [1.54, 1.807) is 7.11 Å². The second-order valence-electron chi connectivity index (χ2n) is 5.43. The Morgan fingerprint density at radius 2 is 1.95 bits per heavy atom. The van der Waals surface area contributed by atoms with E-state index in [1.807, 2.05) is 12.1 Å². The number of carbonyl (C=O) groups is 1. The first-order valence-electron chi connectivity index (χ1n) is 6.95. The van der Waals surface area contributed by atoms with Crippen LogP contribution in [0, 0.1) is 5.92 Å². The quantitative estimate of drug-likeness (QED) is 0.903. The molecule has 102 valence electrons. The van der Waals surface area contributed by atoms with E-state index in [9.17, 15) is 4.79 Å². The minimum absolute atomic E-state index is 0.169. The van der Waals surface area contributed by atoms with Crippen molar-refractivity contribution in [1.82, 2.24) is 0 Å². The summed E-state index contributed by atoms with van der Waals surface area (Å²) in [6.07, 6.45) is 3.62. The molecule has 4 nitrogen and oxygen atoms in total. The predicted molar refractivity (Wildman–Crippen MR) is 75.4 cm³/mol. The third kappa shape index (κ3) is 2.59. The van der Waals surface area contributed by atoms with Crippen LogP contribution in [0.15, 0.2) is 24.3 Å². The standard InChI is InChI=1S/C15H20N2O2/c1-19-14-9-17(10-14)13-7-5-12(6-8-13)16-15(18)11-3-2-4-11/h5-8,11,14H,2-4,9-10H2,1H3,(H,16,18). The minimum Gasteiger partial charge on any atom is -0.378 e. The van der Waals surface area contributed by atoms with Crippen LogP contribution < -0.4 is 10.2 Å². The second-order valence-corrected chi connectivity index (χ2v) is 5.43. The summed E-state index contributed by atoms with van der Waals surface area (Å²) in [6.45, 7) is 1.90. The van der Waals surface area contributed by atoms with Gasteiger partial charge in [0.2, 0.25) is 5.91 Å². The zero-order valence-corrected chi connectivity index (χ0v) is 11.3. The number of rotatable bonds is 4. The van der Waals surface area contributed by atoms with Gasteiger partial charge in [0.25, 0.3) is 0 Å². The summed E-state index contributed by atoms with van der Waals surface area (Å²) in [5, 5.41) is 2.98. The molecule has 1 aliphatic heterocycles. The van der Waals surface area contributed by atoms with Crippen molar-refractivity contribution in [2.24, 2.45) is 5.92 Å². The van der Waals surface area contributed by atoms with Crippen LogP contribution in [0.5, 0.6) is 0 Å². The van der Waals surface area contributed by atoms with Gasteiger partial charge in [-0.25, -0.2) is 0 Å². The number of hydrogen-bond donors (Lipinski definition) is 1. The van der Waals surface area contributed by atoms with Gasteiger partial charge in [-0.05, 0) is 37.1 Å². The normalized spacial score (nSPS) is 19.7. The van der Waals surface area contributed by atoms with Gasteiger partial charge in [-0.3, -0.25) is 4.79 Å². The topological polar surface area (TPSA) is 41.6 Å². The fourth-order valence-electron chi connectivity index (χ4n) is 2.47. The van der Waals surface area contributed by atoms with Gasteiger partial charge in [0, 0.05) is 37.5 Å². The maximum atomic E-state index is 11.8. The molecule has 1 heterocycles. The Morgan fingerprint density at radius 1 is 1.26 bits per heavy atom. The molecule has 1 amide bonds. The van der Waals surface area contributed by atoms with Crippen molar-refractivity contribution in [2.45, 2.75) is 25.4 Å². The monoisotopic (exact) mass is 260 g/mol. The first kappa shape index (κ1) is 12.5. The highest BCUT2D eigenvalue weighted by molar-refractivity contribution is 5.93. The lowest BCUT2D eigenvalue weighted by atomic mass is 9.85. The lowest BCUT2D eigenvalue weighted by Crippen LogP contribution is -2.51. The molecule has 1 aromatic carbocycles. The summed E-state index contributed by atoms with van der Waals surface area (Å²) in [7, 11) is 1.75. The number of benzene rings is 1. The van der Waals surface area contributed by atoms with Crippen LogP contribution in [0.2, 0.25) is 0 Å². The van der Waals surface area contributed by atoms with E-state index in [2.05, 4.69) is 22.3 Å². The van der Waals surface area contributed by atoms with Crippen molar-refractivity contribution < 1.29 is 9.53 Å². The summed E-state index contributed by atoms with van der Waals surface area (Å²) < 4.78 is 5.26. The molecule has 1 aliphatic carbocycles. The molecule has 1 aromatic rings. The Hall–Kier alpha value is -1.55. The Labute approximate surface area is 113 Å². The maximum Gasteiger partial charge on any atom is 0.227 e. The minimum atomic E-state index is 0.169. The average molecular weight is 260 g/mol. The van der Waals surface area contributed by atoms with Crippen molar-refractivity contribution in [1.29, 1.82) is 0 Å². The summed E-state index contributed by atoms with van der Waals surface area (Å²) in [5.74, 6) is 0.403. The van der Waals surface area contributed by atoms with Gasteiger partial charge in [0.1, 0.15) is 0 Å². The number of hydrogen-bond acceptors (Lipinski definition) is 3. The molecule has 1 saturated carbocycles. The van der Waals surface area contributed by atoms with Gasteiger partial charge in [-0.1, -0.05) is 6.42 Å². The molecule has 1 saturated heterocycles. The molecule has 4 heteroatoms. The number of anilines is 2. The van der Waals surface area contributed by atoms with Crippen LogP contribution in [0.3, 0.4) is 0 Å². The average Bonchev–Trinajstić information content (AvgIpc) is 2.27. The number of nitrogens with one attached hydrogen (secondary N) is 1. The lowest BCUT2D eigenvalue weighted by Gasteiger charge is -2.40. The van der Waals surface area contributed by atoms with E-state index in [0.29, 0.717) is 6.10 Å². The Balaban J connectivity index is 1.55. The zero-order chi connectivity index (χ0) is 13.2. The number of ether oxygens (including phenoxy) is 1. The Morgan fingerprint density at radius 3 is 2.47 bits per heavy atom. The Kier molecular flexibility index (Phi) is 3.42. The van der Waals surface area contributed by atoms with Crippen molar-refractivity contribution >= 4 is 17.3 Å². The summed E-state index contributed by atoms with van der Waals surface area (Å²) in [4.78, 5) is 14.1. The summed E-state index contributed by atoms with van der Waals surface area (Å²) in [6, 6.07) is 8.07. The molecule has 1 N–H and O–H groups in total. The van der Waals surface area contributed by atoms with E-state index in [1.165, 1.54) is 12.1 Å². The molecule has 2 fully saturated rings. The molecule has 2 aliphatic rings.